The molecule has 0 radical (unpaired) electrons. The van der Waals surface area contributed by atoms with Crippen molar-refractivity contribution in [1.82, 2.24) is 14.7 Å². The van der Waals surface area contributed by atoms with E-state index in [2.05, 4.69) is 0 Å². The fourth-order valence-corrected chi connectivity index (χ4v) is 2.95. The number of benzene rings is 1. The van der Waals surface area contributed by atoms with Gasteiger partial charge >= 0.3 is 6.09 Å². The van der Waals surface area contributed by atoms with Crippen LogP contribution in [0.4, 0.5) is 4.79 Å². The molecular weight excluding hydrogens is 358 g/mol. The minimum Gasteiger partial charge on any atom is -0.444 e. The van der Waals surface area contributed by atoms with Crippen LogP contribution in [0.3, 0.4) is 0 Å². The van der Waals surface area contributed by atoms with Gasteiger partial charge in [-0.15, -0.1) is 0 Å². The van der Waals surface area contributed by atoms with Gasteiger partial charge in [-0.25, -0.2) is 4.79 Å². The zero-order valence-electron chi connectivity index (χ0n) is 17.5. The number of rotatable bonds is 4. The fourth-order valence-electron chi connectivity index (χ4n) is 2.95. The third kappa shape index (κ3) is 6.25. The maximum atomic E-state index is 12.5. The predicted molar refractivity (Wildman–Crippen MR) is 107 cm³/mol. The Balaban J connectivity index is 1.79. The van der Waals surface area contributed by atoms with Gasteiger partial charge in [0.05, 0.1) is 0 Å². The largest absolute Gasteiger partial charge is 0.444 e. The average molecular weight is 389 g/mol. The maximum absolute atomic E-state index is 12.5. The zero-order chi connectivity index (χ0) is 20.9. The topological polar surface area (TPSA) is 70.2 Å². The van der Waals surface area contributed by atoms with Crippen LogP contribution in [0.5, 0.6) is 0 Å². The lowest BCUT2D eigenvalue weighted by Gasteiger charge is -2.35. The number of amides is 3. The number of hydrogen-bond acceptors (Lipinski definition) is 4. The van der Waals surface area contributed by atoms with Crippen LogP contribution in [-0.4, -0.2) is 78.5 Å². The highest BCUT2D eigenvalue weighted by atomic mass is 16.6. The molecule has 0 N–H and O–H groups in total. The Morgan fingerprint density at radius 3 is 2.00 bits per heavy atom. The Labute approximate surface area is 167 Å². The molecule has 0 aliphatic carbocycles. The minimum absolute atomic E-state index is 0.0366. The van der Waals surface area contributed by atoms with Gasteiger partial charge in [0.1, 0.15) is 5.60 Å². The highest BCUT2D eigenvalue weighted by Crippen LogP contribution is 2.13. The summed E-state index contributed by atoms with van der Waals surface area (Å²) in [5, 5.41) is 0. The van der Waals surface area contributed by atoms with Gasteiger partial charge in [-0.1, -0.05) is 12.1 Å². The van der Waals surface area contributed by atoms with Crippen LogP contribution in [0.15, 0.2) is 24.3 Å². The van der Waals surface area contributed by atoms with Gasteiger partial charge in [-0.3, -0.25) is 9.59 Å². The lowest BCUT2D eigenvalue weighted by Crippen LogP contribution is -2.51. The molecule has 1 saturated heterocycles. The summed E-state index contributed by atoms with van der Waals surface area (Å²) in [7, 11) is 3.44. The molecule has 28 heavy (non-hydrogen) atoms. The molecule has 3 amide bonds. The second-order valence-electron chi connectivity index (χ2n) is 8.24. The van der Waals surface area contributed by atoms with Gasteiger partial charge in [-0.05, 0) is 44.9 Å². The van der Waals surface area contributed by atoms with Crippen LogP contribution < -0.4 is 0 Å². The van der Waals surface area contributed by atoms with Crippen molar-refractivity contribution in [2.45, 2.75) is 39.2 Å². The Morgan fingerprint density at radius 1 is 0.964 bits per heavy atom. The molecule has 7 nitrogen and oxygen atoms in total. The van der Waals surface area contributed by atoms with Crippen molar-refractivity contribution in [3.63, 3.8) is 0 Å². The quantitative estimate of drug-likeness (QED) is 0.793. The summed E-state index contributed by atoms with van der Waals surface area (Å²) in [6.07, 6.45) is 0.710. The van der Waals surface area contributed by atoms with Crippen LogP contribution >= 0.6 is 0 Å². The molecule has 1 aromatic rings. The Kier molecular flexibility index (Phi) is 7.05. The SMILES string of the molecule is CN(C)C(=O)c1ccc(CCC(=O)N2CCN(C(=O)OC(C)(C)C)CC2)cc1. The molecule has 7 heteroatoms. The van der Waals surface area contributed by atoms with E-state index in [1.165, 1.54) is 4.90 Å². The van der Waals surface area contributed by atoms with Gasteiger partial charge in [0.2, 0.25) is 5.91 Å². The molecule has 1 aromatic carbocycles. The van der Waals surface area contributed by atoms with Crippen molar-refractivity contribution in [2.75, 3.05) is 40.3 Å². The summed E-state index contributed by atoms with van der Waals surface area (Å²) < 4.78 is 5.38. The molecule has 2 rings (SSSR count). The third-order valence-corrected chi connectivity index (χ3v) is 4.52. The highest BCUT2D eigenvalue weighted by molar-refractivity contribution is 5.93. The zero-order valence-corrected chi connectivity index (χ0v) is 17.5. The van der Waals surface area contributed by atoms with Crippen molar-refractivity contribution in [1.29, 1.82) is 0 Å². The first-order valence-corrected chi connectivity index (χ1v) is 9.63. The van der Waals surface area contributed by atoms with E-state index in [9.17, 15) is 14.4 Å². The highest BCUT2D eigenvalue weighted by Gasteiger charge is 2.27. The molecule has 0 aromatic heterocycles. The lowest BCUT2D eigenvalue weighted by atomic mass is 10.1. The summed E-state index contributed by atoms with van der Waals surface area (Å²) in [4.78, 5) is 41.5. The standard InChI is InChI=1S/C21H31N3O4/c1-21(2,3)28-20(27)24-14-12-23(13-15-24)18(25)11-8-16-6-9-17(10-7-16)19(26)22(4)5/h6-7,9-10H,8,11-15H2,1-5H3. The average Bonchev–Trinajstić information content (AvgIpc) is 2.64. The van der Waals surface area contributed by atoms with Crippen LogP contribution in [0.1, 0.15) is 43.1 Å². The van der Waals surface area contributed by atoms with E-state index >= 15 is 0 Å². The number of carbonyl (C=O) groups is 3. The second-order valence-corrected chi connectivity index (χ2v) is 8.24. The predicted octanol–water partition coefficient (Wildman–Crippen LogP) is 2.40. The Hall–Kier alpha value is -2.57. The van der Waals surface area contributed by atoms with Gasteiger partial charge in [-0.2, -0.15) is 0 Å². The molecule has 1 heterocycles. The van der Waals surface area contributed by atoms with E-state index in [4.69, 9.17) is 4.74 Å². The molecule has 0 atom stereocenters. The van der Waals surface area contributed by atoms with Gasteiger partial charge in [0, 0.05) is 52.3 Å². The number of ether oxygens (including phenoxy) is 1. The van der Waals surface area contributed by atoms with Crippen LogP contribution in [0.2, 0.25) is 0 Å². The normalized spacial score (nSPS) is 14.6. The Bertz CT molecular complexity index is 699. The van der Waals surface area contributed by atoms with E-state index in [0.29, 0.717) is 44.6 Å². The second kappa shape index (κ2) is 9.08. The van der Waals surface area contributed by atoms with Crippen molar-refractivity contribution in [3.05, 3.63) is 35.4 Å². The minimum atomic E-state index is -0.517. The molecule has 0 unspecified atom stereocenters. The molecule has 0 spiro atoms. The third-order valence-electron chi connectivity index (χ3n) is 4.52. The monoisotopic (exact) mass is 389 g/mol. The van der Waals surface area contributed by atoms with Gasteiger partial charge in [0.15, 0.2) is 0 Å². The molecule has 1 aliphatic heterocycles. The van der Waals surface area contributed by atoms with Crippen LogP contribution in [0.25, 0.3) is 0 Å². The van der Waals surface area contributed by atoms with Crippen molar-refractivity contribution >= 4 is 17.9 Å². The fraction of sp³-hybridized carbons (Fsp3) is 0.571. The Morgan fingerprint density at radius 2 is 1.50 bits per heavy atom. The van der Waals surface area contributed by atoms with Crippen LogP contribution in [0, 0.1) is 0 Å². The summed E-state index contributed by atoms with van der Waals surface area (Å²) in [6, 6.07) is 7.37. The molecule has 0 saturated carbocycles. The number of hydrogen-bond donors (Lipinski definition) is 0. The number of nitrogens with zero attached hydrogens (tertiary/aromatic N) is 3. The van der Waals surface area contributed by atoms with E-state index in [0.717, 1.165) is 5.56 Å². The molecule has 1 aliphatic rings. The number of piperazine rings is 1. The summed E-state index contributed by atoms with van der Waals surface area (Å²) in [5.74, 6) is 0.0442. The summed E-state index contributed by atoms with van der Waals surface area (Å²) in [5.41, 5.74) is 1.14. The van der Waals surface area contributed by atoms with Gasteiger partial charge in [0.25, 0.3) is 5.91 Å². The first kappa shape index (κ1) is 21.7. The summed E-state index contributed by atoms with van der Waals surface area (Å²) in [6.45, 7) is 7.54. The molecular formula is C21H31N3O4. The van der Waals surface area contributed by atoms with Gasteiger partial charge < -0.3 is 19.4 Å². The van der Waals surface area contributed by atoms with Crippen molar-refractivity contribution in [2.24, 2.45) is 0 Å². The first-order chi connectivity index (χ1) is 13.1. The molecule has 0 bridgehead atoms. The number of carbonyl (C=O) groups excluding carboxylic acids is 3. The van der Waals surface area contributed by atoms with Crippen LogP contribution in [-0.2, 0) is 16.0 Å². The van der Waals surface area contributed by atoms with Crippen molar-refractivity contribution in [3.8, 4) is 0 Å². The maximum Gasteiger partial charge on any atom is 0.410 e. The van der Waals surface area contributed by atoms with E-state index in [1.54, 1.807) is 36.0 Å². The molecule has 1 fully saturated rings. The lowest BCUT2D eigenvalue weighted by molar-refractivity contribution is -0.132. The van der Waals surface area contributed by atoms with E-state index < -0.39 is 5.60 Å². The molecule has 154 valence electrons. The van der Waals surface area contributed by atoms with E-state index in [1.807, 2.05) is 32.9 Å². The number of aryl methyl sites for hydroxylation is 1. The summed E-state index contributed by atoms with van der Waals surface area (Å²) >= 11 is 0. The smallest absolute Gasteiger partial charge is 0.410 e. The van der Waals surface area contributed by atoms with E-state index in [-0.39, 0.29) is 17.9 Å². The van der Waals surface area contributed by atoms with Crippen molar-refractivity contribution < 1.29 is 19.1 Å². The first-order valence-electron chi connectivity index (χ1n) is 9.63.